The van der Waals surface area contributed by atoms with Gasteiger partial charge in [0.05, 0.1) is 29.6 Å². The van der Waals surface area contributed by atoms with Crippen molar-refractivity contribution in [1.82, 2.24) is 0 Å². The first-order chi connectivity index (χ1) is 13.5. The number of carbonyl (C=O) groups is 2. The van der Waals surface area contributed by atoms with Crippen LogP contribution in [0, 0.1) is 22.0 Å². The van der Waals surface area contributed by atoms with Gasteiger partial charge in [-0.25, -0.2) is 9.59 Å². The fourth-order valence-corrected chi connectivity index (χ4v) is 3.04. The Hall–Kier alpha value is -3.86. The van der Waals surface area contributed by atoms with Gasteiger partial charge in [-0.05, 0) is 13.8 Å². The van der Waals surface area contributed by atoms with E-state index in [2.05, 4.69) is 0 Å². The quantitative estimate of drug-likeness (QED) is 0.682. The van der Waals surface area contributed by atoms with E-state index in [0.29, 0.717) is 5.39 Å². The molecule has 1 heterocycles. The first kappa shape index (κ1) is 18.9. The maximum atomic E-state index is 13.1. The second-order valence-corrected chi connectivity index (χ2v) is 5.72. The van der Waals surface area contributed by atoms with Crippen molar-refractivity contribution in [3.63, 3.8) is 0 Å². The van der Waals surface area contributed by atoms with E-state index < -0.39 is 39.9 Å². The SMILES string of the molecule is CCOC(=O)c1c(C#N)c(N)oc2c3ccccc3c(=O)c=2c1C(=O)OCC. The minimum atomic E-state index is -0.980. The molecule has 0 fully saturated rings. The van der Waals surface area contributed by atoms with Crippen LogP contribution in [-0.4, -0.2) is 25.2 Å². The number of benzene rings is 1. The largest absolute Gasteiger partial charge is 0.462 e. The van der Waals surface area contributed by atoms with Gasteiger partial charge in [0, 0.05) is 10.8 Å². The van der Waals surface area contributed by atoms with E-state index in [0.717, 1.165) is 0 Å². The molecule has 1 aromatic rings. The van der Waals surface area contributed by atoms with Gasteiger partial charge in [0.15, 0.2) is 5.43 Å². The van der Waals surface area contributed by atoms with Gasteiger partial charge < -0.3 is 19.6 Å². The van der Waals surface area contributed by atoms with Gasteiger partial charge in [-0.1, -0.05) is 24.3 Å². The summed E-state index contributed by atoms with van der Waals surface area (Å²) in [6, 6.07) is 8.28. The fourth-order valence-electron chi connectivity index (χ4n) is 3.04. The van der Waals surface area contributed by atoms with E-state index in [4.69, 9.17) is 19.6 Å². The molecule has 1 aromatic carbocycles. The Bertz CT molecular complexity index is 1270. The summed E-state index contributed by atoms with van der Waals surface area (Å²) in [7, 11) is 0. The zero-order valence-electron chi connectivity index (χ0n) is 15.2. The third-order valence-corrected chi connectivity index (χ3v) is 4.15. The second-order valence-electron chi connectivity index (χ2n) is 5.72. The molecule has 28 heavy (non-hydrogen) atoms. The molecule has 0 amide bonds. The molecule has 2 N–H and O–H groups in total. The smallest absolute Gasteiger partial charge is 0.340 e. The molecule has 1 aliphatic carbocycles. The van der Waals surface area contributed by atoms with Crippen LogP contribution < -0.4 is 11.2 Å². The number of rotatable bonds is 4. The molecule has 0 saturated carbocycles. The van der Waals surface area contributed by atoms with Gasteiger partial charge in [0.1, 0.15) is 17.0 Å². The molecule has 0 unspecified atom stereocenters. The van der Waals surface area contributed by atoms with Crippen LogP contribution in [0.4, 0.5) is 5.88 Å². The lowest BCUT2D eigenvalue weighted by Gasteiger charge is -2.07. The van der Waals surface area contributed by atoms with E-state index >= 15 is 0 Å². The van der Waals surface area contributed by atoms with Crippen LogP contribution in [0.2, 0.25) is 0 Å². The highest BCUT2D eigenvalue weighted by Gasteiger charge is 2.29. The molecule has 0 saturated heterocycles. The third-order valence-electron chi connectivity index (χ3n) is 4.15. The Morgan fingerprint density at radius 2 is 1.64 bits per heavy atom. The van der Waals surface area contributed by atoms with Crippen molar-refractivity contribution in [3.8, 4) is 6.07 Å². The molecular weight excluding hydrogens is 364 g/mol. The van der Waals surface area contributed by atoms with E-state index in [1.54, 1.807) is 44.2 Å². The van der Waals surface area contributed by atoms with Crippen molar-refractivity contribution in [2.24, 2.45) is 0 Å². The van der Waals surface area contributed by atoms with Gasteiger partial charge >= 0.3 is 11.9 Å². The van der Waals surface area contributed by atoms with Gasteiger partial charge in [0.25, 0.3) is 0 Å². The monoisotopic (exact) mass is 380 g/mol. The number of anilines is 1. The van der Waals surface area contributed by atoms with Gasteiger partial charge in [0.2, 0.25) is 5.88 Å². The van der Waals surface area contributed by atoms with E-state index in [1.807, 2.05) is 0 Å². The Morgan fingerprint density at radius 3 is 2.21 bits per heavy atom. The standard InChI is InChI=1S/C20H16N2O6/c1-3-26-19(24)13-12(9-21)18(22)28-17-11-8-6-5-7-10(11)16(23)15(17)14(13)20(25)27-4-2/h5-8H,3-4,22H2,1-2H3. The number of nitriles is 1. The van der Waals surface area contributed by atoms with Crippen LogP contribution in [0.1, 0.15) is 40.1 Å². The van der Waals surface area contributed by atoms with Crippen LogP contribution in [-0.2, 0) is 9.47 Å². The Balaban J connectivity index is 2.70. The Labute approximate surface area is 158 Å². The highest BCUT2D eigenvalue weighted by molar-refractivity contribution is 6.06. The number of nitrogen functional groups attached to an aromatic ring is 1. The molecular formula is C20H16N2O6. The maximum Gasteiger partial charge on any atom is 0.340 e. The summed E-state index contributed by atoms with van der Waals surface area (Å²) in [5.74, 6) is -2.35. The van der Waals surface area contributed by atoms with Gasteiger partial charge in [-0.15, -0.1) is 0 Å². The molecule has 142 valence electrons. The van der Waals surface area contributed by atoms with Crippen LogP contribution in [0.25, 0.3) is 10.8 Å². The average molecular weight is 380 g/mol. The number of esters is 2. The van der Waals surface area contributed by atoms with Crippen molar-refractivity contribution in [1.29, 1.82) is 5.26 Å². The summed E-state index contributed by atoms with van der Waals surface area (Å²) >= 11 is 0. The van der Waals surface area contributed by atoms with Crippen LogP contribution in [0.5, 0.6) is 0 Å². The van der Waals surface area contributed by atoms with Crippen LogP contribution in [0.15, 0.2) is 33.5 Å². The van der Waals surface area contributed by atoms with E-state index in [1.165, 1.54) is 0 Å². The summed E-state index contributed by atoms with van der Waals surface area (Å²) in [5, 5.41) is 10.1. The molecule has 8 heteroatoms. The third kappa shape index (κ3) is 2.83. The normalized spacial score (nSPS) is 10.6. The predicted molar refractivity (Wildman–Crippen MR) is 98.8 cm³/mol. The molecule has 0 atom stereocenters. The van der Waals surface area contributed by atoms with Gasteiger partial charge in [-0.3, -0.25) is 4.79 Å². The lowest BCUT2D eigenvalue weighted by atomic mass is 10.0. The summed E-state index contributed by atoms with van der Waals surface area (Å²) in [5.41, 5.74) is 4.11. The predicted octanol–water partition coefficient (Wildman–Crippen LogP) is 2.33. The zero-order valence-corrected chi connectivity index (χ0v) is 15.2. The molecule has 3 rings (SSSR count). The lowest BCUT2D eigenvalue weighted by molar-refractivity contribution is 0.0478. The minimum absolute atomic E-state index is 0.00629. The number of ether oxygens (including phenoxy) is 2. The summed E-state index contributed by atoms with van der Waals surface area (Å²) in [6.45, 7) is 3.11. The maximum absolute atomic E-state index is 13.1. The van der Waals surface area contributed by atoms with Gasteiger partial charge in [-0.2, -0.15) is 5.26 Å². The Morgan fingerprint density at radius 1 is 1.07 bits per heavy atom. The van der Waals surface area contributed by atoms with Crippen molar-refractivity contribution < 1.29 is 23.5 Å². The molecule has 0 spiro atoms. The highest BCUT2D eigenvalue weighted by atomic mass is 16.5. The topological polar surface area (TPSA) is 133 Å². The fraction of sp³-hybridized carbons (Fsp3) is 0.200. The second kappa shape index (κ2) is 7.40. The number of fused-ring (bicyclic) bond motifs is 2. The minimum Gasteiger partial charge on any atom is -0.462 e. The molecule has 0 radical (unpaired) electrons. The first-order valence-electron chi connectivity index (χ1n) is 8.51. The summed E-state index contributed by atoms with van der Waals surface area (Å²) in [4.78, 5) is 38.5. The number of nitrogens with two attached hydrogens (primary N) is 1. The van der Waals surface area contributed by atoms with E-state index in [-0.39, 0.29) is 29.2 Å². The summed E-state index contributed by atoms with van der Waals surface area (Å²) in [6.07, 6.45) is 0. The number of nitrogens with zero attached hydrogens (tertiary/aromatic N) is 1. The van der Waals surface area contributed by atoms with Crippen molar-refractivity contribution >= 4 is 28.6 Å². The molecule has 1 aliphatic heterocycles. The molecule has 2 aliphatic rings. The van der Waals surface area contributed by atoms with Crippen molar-refractivity contribution in [3.05, 3.63) is 61.8 Å². The molecule has 0 bridgehead atoms. The van der Waals surface area contributed by atoms with Crippen molar-refractivity contribution in [2.45, 2.75) is 13.8 Å². The van der Waals surface area contributed by atoms with Crippen molar-refractivity contribution in [2.75, 3.05) is 18.9 Å². The number of hydrogen-bond acceptors (Lipinski definition) is 8. The van der Waals surface area contributed by atoms with Crippen LogP contribution >= 0.6 is 0 Å². The van der Waals surface area contributed by atoms with E-state index in [9.17, 15) is 19.6 Å². The molecule has 0 aromatic heterocycles. The highest BCUT2D eigenvalue weighted by Crippen LogP contribution is 2.26. The lowest BCUT2D eigenvalue weighted by Crippen LogP contribution is -2.18. The first-order valence-corrected chi connectivity index (χ1v) is 8.51. The zero-order chi connectivity index (χ0) is 20.4. The van der Waals surface area contributed by atoms with Crippen LogP contribution in [0.3, 0.4) is 0 Å². The Kier molecular flexibility index (Phi) is 5.00. The number of hydrogen-bond donors (Lipinski definition) is 1. The number of carbonyl (C=O) groups excluding carboxylic acids is 2. The molecule has 8 nitrogen and oxygen atoms in total. The summed E-state index contributed by atoms with van der Waals surface area (Å²) < 4.78 is 15.7. The average Bonchev–Trinajstić information content (AvgIpc) is 2.86.